The number of aliphatic hydroxyl groups is 1. The van der Waals surface area contributed by atoms with E-state index in [1.807, 2.05) is 25.1 Å². The van der Waals surface area contributed by atoms with Crippen LogP contribution in [0.2, 0.25) is 0 Å². The van der Waals surface area contributed by atoms with Gasteiger partial charge in [0.2, 0.25) is 0 Å². The summed E-state index contributed by atoms with van der Waals surface area (Å²) < 4.78 is 16.5. The van der Waals surface area contributed by atoms with Gasteiger partial charge < -0.3 is 24.6 Å². The first-order valence-corrected chi connectivity index (χ1v) is 7.11. The van der Waals surface area contributed by atoms with Gasteiger partial charge in [-0.05, 0) is 24.6 Å². The lowest BCUT2D eigenvalue weighted by Gasteiger charge is -2.26. The number of fused-ring (bicyclic) bond motifs is 1. The lowest BCUT2D eigenvalue weighted by atomic mass is 9.96. The highest BCUT2D eigenvalue weighted by molar-refractivity contribution is 5.43. The first kappa shape index (κ1) is 13.7. The minimum Gasteiger partial charge on any atom is -0.486 e. The third-order valence-corrected chi connectivity index (χ3v) is 4.03. The Hall–Kier alpha value is -1.30. The van der Waals surface area contributed by atoms with Crippen LogP contribution in [0.4, 0.5) is 0 Å². The SMILES string of the molecule is CC1OCCC1(O)CNCc1ccc2c(c1)OCCO2. The summed E-state index contributed by atoms with van der Waals surface area (Å²) in [4.78, 5) is 0. The molecule has 2 heterocycles. The maximum Gasteiger partial charge on any atom is 0.161 e. The maximum absolute atomic E-state index is 10.4. The van der Waals surface area contributed by atoms with Crippen LogP contribution in [-0.4, -0.2) is 43.2 Å². The fourth-order valence-electron chi connectivity index (χ4n) is 2.62. The highest BCUT2D eigenvalue weighted by Gasteiger charge is 2.38. The van der Waals surface area contributed by atoms with Gasteiger partial charge in [0.25, 0.3) is 0 Å². The molecule has 1 saturated heterocycles. The quantitative estimate of drug-likeness (QED) is 0.864. The van der Waals surface area contributed by atoms with Crippen molar-refractivity contribution >= 4 is 0 Å². The summed E-state index contributed by atoms with van der Waals surface area (Å²) in [6, 6.07) is 5.93. The molecule has 110 valence electrons. The Morgan fingerprint density at radius 1 is 1.25 bits per heavy atom. The largest absolute Gasteiger partial charge is 0.486 e. The van der Waals surface area contributed by atoms with Crippen LogP contribution in [0, 0.1) is 0 Å². The monoisotopic (exact) mass is 279 g/mol. The van der Waals surface area contributed by atoms with Gasteiger partial charge in [0.15, 0.2) is 11.5 Å². The minimum absolute atomic E-state index is 0.115. The normalized spacial score (nSPS) is 28.6. The van der Waals surface area contributed by atoms with Crippen molar-refractivity contribution in [1.29, 1.82) is 0 Å². The van der Waals surface area contributed by atoms with Crippen molar-refractivity contribution in [3.63, 3.8) is 0 Å². The van der Waals surface area contributed by atoms with Crippen molar-refractivity contribution in [3.05, 3.63) is 23.8 Å². The fraction of sp³-hybridized carbons (Fsp3) is 0.600. The summed E-state index contributed by atoms with van der Waals surface area (Å²) in [6.07, 6.45) is 0.567. The molecule has 2 atom stereocenters. The predicted octanol–water partition coefficient (Wildman–Crippen LogP) is 1.09. The lowest BCUT2D eigenvalue weighted by Crippen LogP contribution is -2.45. The van der Waals surface area contributed by atoms with Gasteiger partial charge in [-0.1, -0.05) is 6.07 Å². The molecule has 2 unspecified atom stereocenters. The minimum atomic E-state index is -0.756. The van der Waals surface area contributed by atoms with Crippen molar-refractivity contribution in [2.24, 2.45) is 0 Å². The molecular formula is C15H21NO4. The van der Waals surface area contributed by atoms with E-state index in [0.717, 1.165) is 17.1 Å². The first-order valence-electron chi connectivity index (χ1n) is 7.11. The highest BCUT2D eigenvalue weighted by atomic mass is 16.6. The third kappa shape index (κ3) is 2.75. The maximum atomic E-state index is 10.4. The van der Waals surface area contributed by atoms with Crippen LogP contribution in [0.1, 0.15) is 18.9 Å². The topological polar surface area (TPSA) is 60.0 Å². The molecule has 1 aromatic rings. The van der Waals surface area contributed by atoms with Gasteiger partial charge in [0.05, 0.1) is 6.10 Å². The Morgan fingerprint density at radius 3 is 2.80 bits per heavy atom. The van der Waals surface area contributed by atoms with E-state index in [2.05, 4.69) is 5.32 Å². The highest BCUT2D eigenvalue weighted by Crippen LogP contribution is 2.31. The second kappa shape index (κ2) is 5.60. The van der Waals surface area contributed by atoms with E-state index in [-0.39, 0.29) is 6.10 Å². The zero-order valence-corrected chi connectivity index (χ0v) is 11.7. The molecule has 0 spiro atoms. The first-order chi connectivity index (χ1) is 9.67. The van der Waals surface area contributed by atoms with Crippen LogP contribution in [0.3, 0.4) is 0 Å². The van der Waals surface area contributed by atoms with Gasteiger partial charge in [-0.3, -0.25) is 0 Å². The molecule has 20 heavy (non-hydrogen) atoms. The molecule has 2 N–H and O–H groups in total. The molecule has 0 bridgehead atoms. The van der Waals surface area contributed by atoms with E-state index in [4.69, 9.17) is 14.2 Å². The Morgan fingerprint density at radius 2 is 2.05 bits per heavy atom. The van der Waals surface area contributed by atoms with Gasteiger partial charge in [0, 0.05) is 26.1 Å². The van der Waals surface area contributed by atoms with Crippen LogP contribution in [0.25, 0.3) is 0 Å². The van der Waals surface area contributed by atoms with E-state index in [1.54, 1.807) is 0 Å². The van der Waals surface area contributed by atoms with E-state index in [9.17, 15) is 5.11 Å². The summed E-state index contributed by atoms with van der Waals surface area (Å²) in [5.41, 5.74) is 0.359. The van der Waals surface area contributed by atoms with E-state index in [1.165, 1.54) is 0 Å². The molecule has 5 heteroatoms. The Labute approximate surface area is 118 Å². The molecule has 0 aromatic heterocycles. The smallest absolute Gasteiger partial charge is 0.161 e. The average Bonchev–Trinajstić information content (AvgIpc) is 2.79. The van der Waals surface area contributed by atoms with Gasteiger partial charge in [-0.15, -0.1) is 0 Å². The zero-order valence-electron chi connectivity index (χ0n) is 11.7. The molecule has 0 amide bonds. The third-order valence-electron chi connectivity index (χ3n) is 4.03. The van der Waals surface area contributed by atoms with Gasteiger partial charge >= 0.3 is 0 Å². The van der Waals surface area contributed by atoms with Crippen LogP contribution in [0.15, 0.2) is 18.2 Å². The molecule has 1 fully saturated rings. The molecule has 0 aliphatic carbocycles. The number of hydrogen-bond acceptors (Lipinski definition) is 5. The second-order valence-corrected chi connectivity index (χ2v) is 5.45. The number of nitrogens with one attached hydrogen (secondary N) is 1. The van der Waals surface area contributed by atoms with Crippen molar-refractivity contribution in [2.45, 2.75) is 31.6 Å². The van der Waals surface area contributed by atoms with Crippen LogP contribution < -0.4 is 14.8 Å². The molecule has 2 aliphatic rings. The molecule has 2 aliphatic heterocycles. The number of rotatable bonds is 4. The molecule has 1 aromatic carbocycles. The van der Waals surface area contributed by atoms with E-state index >= 15 is 0 Å². The fourth-order valence-corrected chi connectivity index (χ4v) is 2.62. The molecule has 3 rings (SSSR count). The molecular weight excluding hydrogens is 258 g/mol. The van der Waals surface area contributed by atoms with E-state index < -0.39 is 5.60 Å². The van der Waals surface area contributed by atoms with Crippen molar-refractivity contribution in [1.82, 2.24) is 5.32 Å². The number of benzene rings is 1. The van der Waals surface area contributed by atoms with Crippen molar-refractivity contribution in [3.8, 4) is 11.5 Å². The Kier molecular flexibility index (Phi) is 3.83. The predicted molar refractivity (Wildman–Crippen MR) is 74.1 cm³/mol. The Balaban J connectivity index is 1.56. The number of ether oxygens (including phenoxy) is 3. The average molecular weight is 279 g/mol. The summed E-state index contributed by atoms with van der Waals surface area (Å²) in [5.74, 6) is 1.60. The summed E-state index contributed by atoms with van der Waals surface area (Å²) >= 11 is 0. The van der Waals surface area contributed by atoms with E-state index in [0.29, 0.717) is 39.3 Å². The molecule has 5 nitrogen and oxygen atoms in total. The standard InChI is InChI=1S/C15H21NO4/c1-11-15(17,4-5-18-11)10-16-9-12-2-3-13-14(8-12)20-7-6-19-13/h2-3,8,11,16-17H,4-7,9-10H2,1H3. The summed E-state index contributed by atoms with van der Waals surface area (Å²) in [6.45, 7) is 4.96. The summed E-state index contributed by atoms with van der Waals surface area (Å²) in [7, 11) is 0. The Bertz CT molecular complexity index is 479. The molecule has 0 saturated carbocycles. The molecule has 0 radical (unpaired) electrons. The zero-order chi connectivity index (χ0) is 14.0. The van der Waals surface area contributed by atoms with Crippen LogP contribution in [0.5, 0.6) is 11.5 Å². The van der Waals surface area contributed by atoms with Crippen LogP contribution in [-0.2, 0) is 11.3 Å². The number of hydrogen-bond donors (Lipinski definition) is 2. The van der Waals surface area contributed by atoms with Crippen LogP contribution >= 0.6 is 0 Å². The van der Waals surface area contributed by atoms with Gasteiger partial charge in [-0.25, -0.2) is 0 Å². The second-order valence-electron chi connectivity index (χ2n) is 5.45. The van der Waals surface area contributed by atoms with Gasteiger partial charge in [0.1, 0.15) is 18.8 Å². The van der Waals surface area contributed by atoms with Gasteiger partial charge in [-0.2, -0.15) is 0 Å². The summed E-state index contributed by atoms with van der Waals surface area (Å²) in [5, 5.41) is 13.7. The van der Waals surface area contributed by atoms with Crippen molar-refractivity contribution < 1.29 is 19.3 Å². The van der Waals surface area contributed by atoms with Crippen molar-refractivity contribution in [2.75, 3.05) is 26.4 Å². The lowest BCUT2D eigenvalue weighted by molar-refractivity contribution is -0.0263.